The van der Waals surface area contributed by atoms with Crippen LogP contribution in [0.2, 0.25) is 0 Å². The molecule has 0 aliphatic heterocycles. The topological polar surface area (TPSA) is 12.5 Å². The number of rotatable bonds is 15. The Morgan fingerprint density at radius 3 is 1.69 bits per heavy atom. The van der Waals surface area contributed by atoms with Gasteiger partial charge in [-0.05, 0) is 69.9 Å². The molecule has 290 valence electrons. The summed E-state index contributed by atoms with van der Waals surface area (Å²) in [5.74, 6) is 0.403. The molecule has 0 heterocycles. The van der Waals surface area contributed by atoms with Gasteiger partial charge in [0.25, 0.3) is 0 Å². The quantitative estimate of drug-likeness (QED) is 0.0509. The summed E-state index contributed by atoms with van der Waals surface area (Å²) in [5, 5.41) is 0. The molecular formula is C51H48N4Y4-6. The first-order valence-corrected chi connectivity index (χ1v) is 18.9. The van der Waals surface area contributed by atoms with E-state index in [0.29, 0.717) is 5.92 Å². The molecule has 8 heteroatoms. The molecule has 0 N–H and O–H groups in total. The predicted octanol–water partition coefficient (Wildman–Crippen LogP) is 10.5. The van der Waals surface area contributed by atoms with Crippen molar-refractivity contribution in [2.24, 2.45) is 5.92 Å². The minimum absolute atomic E-state index is 0. The maximum Gasteiger partial charge on any atom is 0.113 e. The summed E-state index contributed by atoms with van der Waals surface area (Å²) in [6.07, 6.45) is 34.8. The molecule has 4 aromatic carbocycles. The maximum atomic E-state index is 3.50. The average molecular weight is 1070 g/mol. The SMILES string of the molecule is CN([C-]=CC=C1CCC(C=C[C-]=[N+](C)c2[c-]cccc2)=C1CC1=C(C=C[C-]=[N+](C)c2[c-]cccc2)CCC1CC=[C-]N(C)c1[c-]cccc1)c1[c-]cccc1.[Y].[Y].[Y].[Y]. The summed E-state index contributed by atoms with van der Waals surface area (Å²) >= 11 is 0. The van der Waals surface area contributed by atoms with Gasteiger partial charge in [0.2, 0.25) is 0 Å². The van der Waals surface area contributed by atoms with E-state index in [-0.39, 0.29) is 131 Å². The predicted molar refractivity (Wildman–Crippen MR) is 227 cm³/mol. The normalized spacial score (nSPS) is 16.5. The molecule has 6 rings (SSSR count). The standard InChI is InChI=1S/C51H48N4.4Y/c1-52(46-25-9-5-10-26-46)37-17-21-42-33-34-43(22-18-38-53(2)47-27-11-6-12-28-47)50(42)41-51-44(23-19-39-54(3)48-29-13-7-14-30-48)35-36-45(51)24-20-40-55(4)49-31-15-8-16-32-49;;;;/h5-23,25,27,29,31,45H,24,33-36,41H2,1-4H3;;;;/q-6;;;;. The summed E-state index contributed by atoms with van der Waals surface area (Å²) in [7, 11) is 8.07. The van der Waals surface area contributed by atoms with Gasteiger partial charge in [0.15, 0.2) is 0 Å². The Kier molecular flexibility index (Phi) is 26.2. The van der Waals surface area contributed by atoms with E-state index in [9.17, 15) is 0 Å². The number of nitrogens with zero attached hydrogens (tertiary/aromatic N) is 4. The van der Waals surface area contributed by atoms with Gasteiger partial charge in [0, 0.05) is 131 Å². The molecular weight excluding hydrogens is 1020 g/mol. The van der Waals surface area contributed by atoms with Crippen molar-refractivity contribution in [2.45, 2.75) is 38.5 Å². The fourth-order valence-electron chi connectivity index (χ4n) is 6.93. The summed E-state index contributed by atoms with van der Waals surface area (Å²) in [6, 6.07) is 45.1. The minimum atomic E-state index is 0. The van der Waals surface area contributed by atoms with Crippen LogP contribution >= 0.6 is 0 Å². The number of hydrogen-bond acceptors (Lipinski definition) is 2. The Balaban J connectivity index is 0.00000300. The Morgan fingerprint density at radius 2 is 1.17 bits per heavy atom. The van der Waals surface area contributed by atoms with E-state index in [4.69, 9.17) is 0 Å². The van der Waals surface area contributed by atoms with E-state index in [1.807, 2.05) is 138 Å². The van der Waals surface area contributed by atoms with E-state index in [1.54, 1.807) is 0 Å². The molecule has 1 unspecified atom stereocenters. The summed E-state index contributed by atoms with van der Waals surface area (Å²) in [6.45, 7) is 0. The van der Waals surface area contributed by atoms with Crippen molar-refractivity contribution in [1.82, 2.24) is 0 Å². The van der Waals surface area contributed by atoms with Gasteiger partial charge in [0.05, 0.1) is 0 Å². The zero-order valence-electron chi connectivity index (χ0n) is 34.7. The molecule has 0 spiro atoms. The van der Waals surface area contributed by atoms with Crippen LogP contribution in [0.3, 0.4) is 0 Å². The smallest absolute Gasteiger partial charge is 0.113 e. The third kappa shape index (κ3) is 16.6. The Morgan fingerprint density at radius 1 is 0.644 bits per heavy atom. The van der Waals surface area contributed by atoms with E-state index < -0.39 is 0 Å². The third-order valence-corrected chi connectivity index (χ3v) is 10.0. The van der Waals surface area contributed by atoms with Crippen LogP contribution in [-0.4, -0.2) is 49.8 Å². The first-order valence-electron chi connectivity index (χ1n) is 18.9. The van der Waals surface area contributed by atoms with Gasteiger partial charge in [-0.15, -0.1) is 36.1 Å². The van der Waals surface area contributed by atoms with Crippen molar-refractivity contribution in [2.75, 3.05) is 38.0 Å². The third-order valence-electron chi connectivity index (χ3n) is 10.0. The first kappa shape index (κ1) is 53.6. The number of para-hydroxylation sites is 4. The molecule has 59 heavy (non-hydrogen) atoms. The van der Waals surface area contributed by atoms with Crippen molar-refractivity contribution in [3.63, 3.8) is 0 Å². The first-order chi connectivity index (χ1) is 27.0. The number of allylic oxidation sites excluding steroid dienone is 12. The second-order valence-electron chi connectivity index (χ2n) is 13.7. The van der Waals surface area contributed by atoms with Crippen LogP contribution in [0.15, 0.2) is 167 Å². The van der Waals surface area contributed by atoms with Crippen LogP contribution in [0.25, 0.3) is 0 Å². The fraction of sp³-hybridized carbons (Fsp3) is 0.216. The van der Waals surface area contributed by atoms with Gasteiger partial charge in [0.1, 0.15) is 26.5 Å². The Labute approximate surface area is 455 Å². The molecule has 4 radical (unpaired) electrons. The second kappa shape index (κ2) is 28.9. The van der Waals surface area contributed by atoms with Crippen molar-refractivity contribution >= 4 is 35.2 Å². The van der Waals surface area contributed by atoms with E-state index in [0.717, 1.165) is 61.3 Å². The average Bonchev–Trinajstić information content (AvgIpc) is 3.81. The summed E-state index contributed by atoms with van der Waals surface area (Å²) in [4.78, 5) is 4.01. The van der Waals surface area contributed by atoms with Crippen molar-refractivity contribution in [1.29, 1.82) is 0 Å². The molecule has 0 saturated carbocycles. The summed E-state index contributed by atoms with van der Waals surface area (Å²) < 4.78 is 3.98. The minimum Gasteiger partial charge on any atom is -0.534 e. The molecule has 0 amide bonds. The van der Waals surface area contributed by atoms with Crippen LogP contribution in [0, 0.1) is 42.6 Å². The molecule has 0 fully saturated rings. The van der Waals surface area contributed by atoms with Crippen LogP contribution in [0.5, 0.6) is 0 Å². The van der Waals surface area contributed by atoms with Crippen molar-refractivity contribution in [3.05, 3.63) is 204 Å². The number of benzene rings is 4. The zero-order valence-corrected chi connectivity index (χ0v) is 46.1. The van der Waals surface area contributed by atoms with Gasteiger partial charge >= 0.3 is 0 Å². The Bertz CT molecular complexity index is 2150. The fourth-order valence-corrected chi connectivity index (χ4v) is 6.93. The van der Waals surface area contributed by atoms with Gasteiger partial charge < -0.3 is 19.0 Å². The van der Waals surface area contributed by atoms with Crippen LogP contribution in [0.1, 0.15) is 38.5 Å². The molecule has 0 bridgehead atoms. The molecule has 0 aromatic heterocycles. The van der Waals surface area contributed by atoms with E-state index in [2.05, 4.69) is 97.7 Å². The molecule has 2 aliphatic rings. The van der Waals surface area contributed by atoms with Crippen molar-refractivity contribution < 1.29 is 140 Å². The zero-order chi connectivity index (χ0) is 38.2. The van der Waals surface area contributed by atoms with Crippen LogP contribution in [-0.2, 0) is 131 Å². The van der Waals surface area contributed by atoms with E-state index >= 15 is 0 Å². The molecule has 0 saturated heterocycles. The van der Waals surface area contributed by atoms with Gasteiger partial charge in [-0.3, -0.25) is 6.07 Å². The van der Waals surface area contributed by atoms with Crippen LogP contribution in [0.4, 0.5) is 22.7 Å². The van der Waals surface area contributed by atoms with Gasteiger partial charge in [-0.1, -0.05) is 22.3 Å². The summed E-state index contributed by atoms with van der Waals surface area (Å²) in [5.41, 5.74) is 10.9. The molecule has 2 aliphatic carbocycles. The molecule has 4 aromatic rings. The van der Waals surface area contributed by atoms with Crippen molar-refractivity contribution in [3.8, 4) is 0 Å². The Hall–Kier alpha value is -1.58. The second-order valence-corrected chi connectivity index (χ2v) is 13.7. The van der Waals surface area contributed by atoms with Crippen LogP contribution < -0.4 is 9.80 Å². The van der Waals surface area contributed by atoms with Gasteiger partial charge in [-0.25, -0.2) is 23.9 Å². The van der Waals surface area contributed by atoms with Gasteiger partial charge in [-0.2, -0.15) is 127 Å². The monoisotopic (exact) mass is 1070 g/mol. The van der Waals surface area contributed by atoms with E-state index in [1.165, 1.54) is 27.9 Å². The number of anilines is 2. The molecule has 1 atom stereocenters. The largest absolute Gasteiger partial charge is 0.534 e. The molecule has 4 nitrogen and oxygen atoms in total. The number of hydrogen-bond donors (Lipinski definition) is 0. The maximum absolute atomic E-state index is 3.50.